The van der Waals surface area contributed by atoms with Crippen molar-refractivity contribution < 1.29 is 9.62 Å². The van der Waals surface area contributed by atoms with Crippen LogP contribution >= 0.6 is 11.8 Å². The summed E-state index contributed by atoms with van der Waals surface area (Å²) < 4.78 is 5.18. The number of hydrogen-bond acceptors (Lipinski definition) is 6. The summed E-state index contributed by atoms with van der Waals surface area (Å²) in [6, 6.07) is 1.82. The Hall–Kier alpha value is -2.02. The van der Waals surface area contributed by atoms with Crippen LogP contribution in [0, 0.1) is 6.92 Å². The van der Waals surface area contributed by atoms with Crippen molar-refractivity contribution >= 4 is 17.6 Å². The minimum absolute atomic E-state index is 0.0678. The second kappa shape index (κ2) is 4.88. The molecule has 0 amide bonds. The largest absolute Gasteiger partial charge is 0.468 e. The van der Waals surface area contributed by atoms with Crippen molar-refractivity contribution in [2.45, 2.75) is 16.8 Å². The molecule has 88 valence electrons. The van der Waals surface area contributed by atoms with Gasteiger partial charge in [-0.05, 0) is 13.0 Å². The predicted molar refractivity (Wildman–Crippen MR) is 62.1 cm³/mol. The molecule has 7 heteroatoms. The van der Waals surface area contributed by atoms with Gasteiger partial charge in [-0.1, -0.05) is 16.9 Å². The third-order valence-corrected chi connectivity index (χ3v) is 3.17. The Morgan fingerprint density at radius 3 is 2.88 bits per heavy atom. The third kappa shape index (κ3) is 2.39. The van der Waals surface area contributed by atoms with Crippen molar-refractivity contribution in [3.8, 4) is 0 Å². The summed E-state index contributed by atoms with van der Waals surface area (Å²) in [6.45, 7) is 1.85. The van der Waals surface area contributed by atoms with Gasteiger partial charge in [0.1, 0.15) is 16.5 Å². The fourth-order valence-electron chi connectivity index (χ4n) is 1.21. The number of amidine groups is 1. The number of aryl methyl sites for hydroxylation is 1. The fraction of sp³-hybridized carbons (Fsp3) is 0.100. The lowest BCUT2D eigenvalue weighted by atomic mass is 10.4. The molecule has 0 aromatic carbocycles. The van der Waals surface area contributed by atoms with Gasteiger partial charge < -0.3 is 15.4 Å². The minimum atomic E-state index is -0.0678. The second-order valence-corrected chi connectivity index (χ2v) is 4.17. The topological polar surface area (TPSA) is 97.5 Å². The lowest BCUT2D eigenvalue weighted by Gasteiger charge is -2.04. The molecule has 17 heavy (non-hydrogen) atoms. The molecule has 0 spiro atoms. The molecule has 2 heterocycles. The van der Waals surface area contributed by atoms with Gasteiger partial charge in [-0.25, -0.2) is 9.97 Å². The van der Waals surface area contributed by atoms with E-state index in [1.807, 2.05) is 13.0 Å². The Morgan fingerprint density at radius 1 is 1.47 bits per heavy atom. The molecule has 0 aliphatic heterocycles. The maximum Gasteiger partial charge on any atom is 0.191 e. The summed E-state index contributed by atoms with van der Waals surface area (Å²) in [7, 11) is 0. The molecular formula is C10H10N4O2S. The predicted octanol–water partition coefficient (Wildman–Crippen LogP) is 1.62. The van der Waals surface area contributed by atoms with E-state index in [-0.39, 0.29) is 5.84 Å². The molecule has 0 unspecified atom stereocenters. The summed E-state index contributed by atoms with van der Waals surface area (Å²) >= 11 is 1.35. The molecule has 0 saturated carbocycles. The molecule has 2 rings (SSSR count). The van der Waals surface area contributed by atoms with Crippen LogP contribution in [0.5, 0.6) is 0 Å². The number of nitrogens with two attached hydrogens (primary N) is 1. The van der Waals surface area contributed by atoms with E-state index in [1.54, 1.807) is 12.5 Å². The molecule has 0 bridgehead atoms. The van der Waals surface area contributed by atoms with Crippen molar-refractivity contribution in [3.63, 3.8) is 0 Å². The molecule has 0 aliphatic carbocycles. The normalized spacial score (nSPS) is 11.7. The molecule has 6 nitrogen and oxygen atoms in total. The van der Waals surface area contributed by atoms with Crippen molar-refractivity contribution in [1.29, 1.82) is 0 Å². The van der Waals surface area contributed by atoms with E-state index in [1.165, 1.54) is 18.0 Å². The lowest BCUT2D eigenvalue weighted by Crippen LogP contribution is -2.16. The first-order chi connectivity index (χ1) is 8.22. The van der Waals surface area contributed by atoms with Crippen molar-refractivity contribution in [3.05, 3.63) is 36.2 Å². The van der Waals surface area contributed by atoms with E-state index in [9.17, 15) is 0 Å². The first-order valence-electron chi connectivity index (χ1n) is 4.73. The monoisotopic (exact) mass is 250 g/mol. The van der Waals surface area contributed by atoms with Crippen LogP contribution in [0.15, 0.2) is 44.2 Å². The van der Waals surface area contributed by atoms with Gasteiger partial charge in [0.15, 0.2) is 5.84 Å². The molecule has 0 saturated heterocycles. The summed E-state index contributed by atoms with van der Waals surface area (Å²) in [5.41, 5.74) is 5.87. The van der Waals surface area contributed by atoms with Crippen LogP contribution in [0.25, 0.3) is 0 Å². The molecule has 0 radical (unpaired) electrons. The summed E-state index contributed by atoms with van der Waals surface area (Å²) in [6.07, 6.45) is 4.63. The van der Waals surface area contributed by atoms with Crippen molar-refractivity contribution in [2.75, 3.05) is 0 Å². The molecule has 0 fully saturated rings. The standard InChI is InChI=1S/C10H10N4O2S/c1-6-7(2-5-16-6)17-10-8(9(11)14-15)12-3-4-13-10/h2-5,15H,1H3,(H2,11,14). The van der Waals surface area contributed by atoms with E-state index in [2.05, 4.69) is 15.1 Å². The Kier molecular flexibility index (Phi) is 3.29. The van der Waals surface area contributed by atoms with Gasteiger partial charge in [0, 0.05) is 12.4 Å². The van der Waals surface area contributed by atoms with Crippen LogP contribution in [-0.2, 0) is 0 Å². The molecule has 3 N–H and O–H groups in total. The zero-order chi connectivity index (χ0) is 12.3. The van der Waals surface area contributed by atoms with E-state index in [0.717, 1.165) is 10.7 Å². The zero-order valence-electron chi connectivity index (χ0n) is 8.99. The van der Waals surface area contributed by atoms with Gasteiger partial charge in [0.2, 0.25) is 0 Å². The van der Waals surface area contributed by atoms with Gasteiger partial charge in [-0.2, -0.15) is 0 Å². The minimum Gasteiger partial charge on any atom is -0.468 e. The average molecular weight is 250 g/mol. The number of hydrogen-bond donors (Lipinski definition) is 2. The molecular weight excluding hydrogens is 240 g/mol. The highest BCUT2D eigenvalue weighted by atomic mass is 32.2. The summed E-state index contributed by atoms with van der Waals surface area (Å²) in [5.74, 6) is 0.716. The SMILES string of the molecule is Cc1occc1Sc1nccnc1/C(N)=N/O. The number of rotatable bonds is 3. The molecule has 0 aliphatic rings. The number of furan rings is 1. The van der Waals surface area contributed by atoms with Crippen LogP contribution in [0.2, 0.25) is 0 Å². The Morgan fingerprint density at radius 2 is 2.24 bits per heavy atom. The Balaban J connectivity index is 2.36. The Bertz CT molecular complexity index is 553. The van der Waals surface area contributed by atoms with Crippen LogP contribution in [-0.4, -0.2) is 21.0 Å². The third-order valence-electron chi connectivity index (χ3n) is 2.03. The number of nitrogens with zero attached hydrogens (tertiary/aromatic N) is 3. The van der Waals surface area contributed by atoms with Crippen LogP contribution in [0.1, 0.15) is 11.5 Å². The first-order valence-corrected chi connectivity index (χ1v) is 5.55. The molecule has 2 aromatic heterocycles. The van der Waals surface area contributed by atoms with E-state index in [4.69, 9.17) is 15.4 Å². The van der Waals surface area contributed by atoms with Crippen LogP contribution in [0.4, 0.5) is 0 Å². The van der Waals surface area contributed by atoms with Gasteiger partial charge >= 0.3 is 0 Å². The lowest BCUT2D eigenvalue weighted by molar-refractivity contribution is 0.318. The maximum absolute atomic E-state index is 8.66. The Labute approximate surface area is 102 Å². The summed E-state index contributed by atoms with van der Waals surface area (Å²) in [4.78, 5) is 9.09. The zero-order valence-corrected chi connectivity index (χ0v) is 9.81. The van der Waals surface area contributed by atoms with E-state index in [0.29, 0.717) is 10.7 Å². The highest BCUT2D eigenvalue weighted by Gasteiger charge is 2.13. The van der Waals surface area contributed by atoms with Crippen LogP contribution < -0.4 is 5.73 Å². The van der Waals surface area contributed by atoms with Gasteiger partial charge in [-0.3, -0.25) is 0 Å². The van der Waals surface area contributed by atoms with Gasteiger partial charge in [-0.15, -0.1) is 0 Å². The van der Waals surface area contributed by atoms with Gasteiger partial charge in [0.25, 0.3) is 0 Å². The highest BCUT2D eigenvalue weighted by Crippen LogP contribution is 2.30. The maximum atomic E-state index is 8.66. The summed E-state index contributed by atoms with van der Waals surface area (Å²) in [5, 5.41) is 12.1. The first kappa shape index (κ1) is 11.5. The number of oxime groups is 1. The second-order valence-electron chi connectivity index (χ2n) is 3.14. The smallest absolute Gasteiger partial charge is 0.191 e. The average Bonchev–Trinajstić information content (AvgIpc) is 2.75. The quantitative estimate of drug-likeness (QED) is 0.372. The fourth-order valence-corrected chi connectivity index (χ4v) is 2.10. The van der Waals surface area contributed by atoms with Crippen LogP contribution in [0.3, 0.4) is 0 Å². The number of aromatic nitrogens is 2. The van der Waals surface area contributed by atoms with Gasteiger partial charge in [0.05, 0.1) is 11.2 Å². The highest BCUT2D eigenvalue weighted by molar-refractivity contribution is 7.99. The van der Waals surface area contributed by atoms with Crippen molar-refractivity contribution in [2.24, 2.45) is 10.9 Å². The van der Waals surface area contributed by atoms with E-state index < -0.39 is 0 Å². The molecule has 0 atom stereocenters. The van der Waals surface area contributed by atoms with Crippen molar-refractivity contribution in [1.82, 2.24) is 9.97 Å². The van der Waals surface area contributed by atoms with E-state index >= 15 is 0 Å². The molecule has 2 aromatic rings.